The van der Waals surface area contributed by atoms with Gasteiger partial charge in [0.2, 0.25) is 0 Å². The maximum absolute atomic E-state index is 12.9. The number of para-hydroxylation sites is 1. The van der Waals surface area contributed by atoms with Crippen LogP contribution in [0.15, 0.2) is 53.9 Å². The Labute approximate surface area is 155 Å². The summed E-state index contributed by atoms with van der Waals surface area (Å²) in [5, 5.41) is 7.46. The van der Waals surface area contributed by atoms with Crippen LogP contribution in [0, 0.1) is 6.92 Å². The molecule has 2 aromatic carbocycles. The molecule has 0 saturated carbocycles. The summed E-state index contributed by atoms with van der Waals surface area (Å²) in [6.45, 7) is 2.63. The van der Waals surface area contributed by atoms with E-state index in [-0.39, 0.29) is 6.03 Å². The minimum Gasteiger partial charge on any atom is -0.306 e. The molecule has 2 amide bonds. The lowest BCUT2D eigenvalue weighted by molar-refractivity contribution is 0.257. The first kappa shape index (κ1) is 15.3. The molecular formula is C21H17N3OS. The number of thiophene rings is 1. The highest BCUT2D eigenvalue weighted by molar-refractivity contribution is 7.17. The summed E-state index contributed by atoms with van der Waals surface area (Å²) < 4.78 is 1.28. The first-order chi connectivity index (χ1) is 12.7. The second-order valence-corrected chi connectivity index (χ2v) is 7.49. The van der Waals surface area contributed by atoms with Crippen molar-refractivity contribution in [3.63, 3.8) is 0 Å². The SMILES string of the molecule is Cc1nc2ccccc2cc1NC(=O)N1CCc2c1ccc1sccc21. The van der Waals surface area contributed by atoms with Gasteiger partial charge < -0.3 is 5.32 Å². The van der Waals surface area contributed by atoms with Crippen LogP contribution in [0.4, 0.5) is 16.2 Å². The summed E-state index contributed by atoms with van der Waals surface area (Å²) in [7, 11) is 0. The van der Waals surface area contributed by atoms with E-state index in [4.69, 9.17) is 0 Å². The predicted molar refractivity (Wildman–Crippen MR) is 108 cm³/mol. The molecule has 2 aromatic heterocycles. The number of carbonyl (C=O) groups excluding carboxylic acids is 1. The lowest BCUT2D eigenvalue weighted by Crippen LogP contribution is -2.33. The van der Waals surface area contributed by atoms with Crippen molar-refractivity contribution in [3.05, 3.63) is 65.2 Å². The number of benzene rings is 2. The number of rotatable bonds is 1. The average Bonchev–Trinajstić information content (AvgIpc) is 3.28. The molecular weight excluding hydrogens is 342 g/mol. The molecule has 1 aliphatic rings. The highest BCUT2D eigenvalue weighted by Gasteiger charge is 2.26. The molecule has 0 unspecified atom stereocenters. The van der Waals surface area contributed by atoms with Gasteiger partial charge in [-0.1, -0.05) is 18.2 Å². The molecule has 4 nitrogen and oxygen atoms in total. The van der Waals surface area contributed by atoms with E-state index in [1.165, 1.54) is 15.6 Å². The van der Waals surface area contributed by atoms with E-state index >= 15 is 0 Å². The molecule has 0 spiro atoms. The molecule has 0 bridgehead atoms. The van der Waals surface area contributed by atoms with Gasteiger partial charge in [0.05, 0.1) is 16.9 Å². The van der Waals surface area contributed by atoms with Gasteiger partial charge in [-0.25, -0.2) is 4.79 Å². The molecule has 5 heteroatoms. The van der Waals surface area contributed by atoms with Crippen molar-refractivity contribution in [3.8, 4) is 0 Å². The number of amides is 2. The number of fused-ring (bicyclic) bond motifs is 4. The monoisotopic (exact) mass is 359 g/mol. The predicted octanol–water partition coefficient (Wildman–Crippen LogP) is 5.35. The van der Waals surface area contributed by atoms with Gasteiger partial charge in [0.15, 0.2) is 0 Å². The Morgan fingerprint density at radius 1 is 1.19 bits per heavy atom. The lowest BCUT2D eigenvalue weighted by atomic mass is 10.1. The Hall–Kier alpha value is -2.92. The average molecular weight is 359 g/mol. The standard InChI is InChI=1S/C21H17N3OS/c1-13-18(12-14-4-2-3-5-17(14)22-13)23-21(25)24-10-8-15-16-9-11-26-20(16)7-6-19(15)24/h2-7,9,11-12H,8,10H2,1H3,(H,23,25). The van der Waals surface area contributed by atoms with Gasteiger partial charge in [-0.05, 0) is 60.0 Å². The van der Waals surface area contributed by atoms with Crippen LogP contribution >= 0.6 is 11.3 Å². The third-order valence-corrected chi connectivity index (χ3v) is 5.88. The largest absolute Gasteiger partial charge is 0.326 e. The molecule has 128 valence electrons. The van der Waals surface area contributed by atoms with Crippen molar-refractivity contribution in [2.24, 2.45) is 0 Å². The number of carbonyl (C=O) groups is 1. The van der Waals surface area contributed by atoms with Crippen LogP contribution in [-0.4, -0.2) is 17.6 Å². The molecule has 0 radical (unpaired) electrons. The van der Waals surface area contributed by atoms with E-state index in [0.717, 1.165) is 34.4 Å². The summed E-state index contributed by atoms with van der Waals surface area (Å²) in [6, 6.07) is 16.2. The van der Waals surface area contributed by atoms with E-state index in [1.54, 1.807) is 11.3 Å². The minimum absolute atomic E-state index is 0.0986. The maximum Gasteiger partial charge on any atom is 0.326 e. The molecule has 4 aromatic rings. The summed E-state index contributed by atoms with van der Waals surface area (Å²) in [5.74, 6) is 0. The zero-order valence-corrected chi connectivity index (χ0v) is 15.1. The smallest absolute Gasteiger partial charge is 0.306 e. The molecule has 0 saturated heterocycles. The molecule has 3 heterocycles. The zero-order chi connectivity index (χ0) is 17.7. The van der Waals surface area contributed by atoms with Gasteiger partial charge in [-0.15, -0.1) is 11.3 Å². The van der Waals surface area contributed by atoms with Gasteiger partial charge in [-0.3, -0.25) is 9.88 Å². The van der Waals surface area contributed by atoms with Crippen LogP contribution in [0.25, 0.3) is 21.0 Å². The van der Waals surface area contributed by atoms with Crippen LogP contribution in [0.3, 0.4) is 0 Å². The first-order valence-electron chi connectivity index (χ1n) is 8.65. The van der Waals surface area contributed by atoms with Crippen molar-refractivity contribution in [1.29, 1.82) is 0 Å². The molecule has 0 atom stereocenters. The Kier molecular flexibility index (Phi) is 3.43. The Morgan fingerprint density at radius 3 is 3.00 bits per heavy atom. The molecule has 1 N–H and O–H groups in total. The van der Waals surface area contributed by atoms with Crippen LogP contribution in [0.1, 0.15) is 11.3 Å². The topological polar surface area (TPSA) is 45.2 Å². The molecule has 1 aliphatic heterocycles. The summed E-state index contributed by atoms with van der Waals surface area (Å²) in [6.07, 6.45) is 0.895. The number of nitrogens with one attached hydrogen (secondary N) is 1. The number of urea groups is 1. The van der Waals surface area contributed by atoms with Crippen LogP contribution in [0.5, 0.6) is 0 Å². The van der Waals surface area contributed by atoms with Crippen LogP contribution < -0.4 is 10.2 Å². The van der Waals surface area contributed by atoms with Crippen molar-refractivity contribution < 1.29 is 4.79 Å². The van der Waals surface area contributed by atoms with E-state index < -0.39 is 0 Å². The van der Waals surface area contributed by atoms with Gasteiger partial charge in [0.25, 0.3) is 0 Å². The van der Waals surface area contributed by atoms with Gasteiger partial charge >= 0.3 is 6.03 Å². The van der Waals surface area contributed by atoms with Gasteiger partial charge in [0.1, 0.15) is 0 Å². The Morgan fingerprint density at radius 2 is 2.08 bits per heavy atom. The highest BCUT2D eigenvalue weighted by atomic mass is 32.1. The third kappa shape index (κ3) is 2.35. The number of hydrogen-bond donors (Lipinski definition) is 1. The van der Waals surface area contributed by atoms with E-state index in [9.17, 15) is 4.79 Å². The number of hydrogen-bond acceptors (Lipinski definition) is 3. The van der Waals surface area contributed by atoms with Crippen molar-refractivity contribution in [2.45, 2.75) is 13.3 Å². The van der Waals surface area contributed by atoms with E-state index in [0.29, 0.717) is 6.54 Å². The van der Waals surface area contributed by atoms with Crippen LogP contribution in [0.2, 0.25) is 0 Å². The highest BCUT2D eigenvalue weighted by Crippen LogP contribution is 2.36. The number of aromatic nitrogens is 1. The maximum atomic E-state index is 12.9. The van der Waals surface area contributed by atoms with E-state index in [2.05, 4.69) is 33.9 Å². The Bertz CT molecular complexity index is 1160. The molecule has 5 rings (SSSR count). The number of nitrogens with zero attached hydrogens (tertiary/aromatic N) is 2. The van der Waals surface area contributed by atoms with E-state index in [1.807, 2.05) is 42.2 Å². The summed E-state index contributed by atoms with van der Waals surface area (Å²) in [5.41, 5.74) is 4.81. The minimum atomic E-state index is -0.0986. The molecule has 26 heavy (non-hydrogen) atoms. The fraction of sp³-hybridized carbons (Fsp3) is 0.143. The van der Waals surface area contributed by atoms with Crippen molar-refractivity contribution in [1.82, 2.24) is 4.98 Å². The summed E-state index contributed by atoms with van der Waals surface area (Å²) >= 11 is 1.74. The first-order valence-corrected chi connectivity index (χ1v) is 9.53. The Balaban J connectivity index is 1.48. The fourth-order valence-corrected chi connectivity index (χ4v) is 4.50. The second kappa shape index (κ2) is 5.81. The van der Waals surface area contributed by atoms with Crippen molar-refractivity contribution in [2.75, 3.05) is 16.8 Å². The lowest BCUT2D eigenvalue weighted by Gasteiger charge is -2.19. The molecule has 0 aliphatic carbocycles. The normalized spacial score (nSPS) is 13.3. The van der Waals surface area contributed by atoms with Gasteiger partial charge in [0, 0.05) is 22.3 Å². The zero-order valence-electron chi connectivity index (χ0n) is 14.3. The fourth-order valence-electron chi connectivity index (χ4n) is 3.68. The second-order valence-electron chi connectivity index (χ2n) is 6.54. The molecule has 0 fully saturated rings. The van der Waals surface area contributed by atoms with Crippen LogP contribution in [-0.2, 0) is 6.42 Å². The number of aryl methyl sites for hydroxylation is 1. The summed E-state index contributed by atoms with van der Waals surface area (Å²) in [4.78, 5) is 19.4. The quantitative estimate of drug-likeness (QED) is 0.498. The van der Waals surface area contributed by atoms with Crippen molar-refractivity contribution >= 4 is 49.7 Å². The number of anilines is 2. The van der Waals surface area contributed by atoms with Gasteiger partial charge in [-0.2, -0.15) is 0 Å². The third-order valence-electron chi connectivity index (χ3n) is 5.00. The number of pyridine rings is 1.